The Labute approximate surface area is 64.3 Å². The Morgan fingerprint density at radius 2 is 2.10 bits per heavy atom. The molecule has 0 aliphatic rings. The zero-order chi connectivity index (χ0) is 7.98. The van der Waals surface area contributed by atoms with Crippen molar-refractivity contribution >= 4 is 0 Å². The molecule has 0 heterocycles. The van der Waals surface area contributed by atoms with E-state index in [0.717, 1.165) is 6.42 Å². The molecule has 0 fully saturated rings. The first kappa shape index (κ1) is 9.70. The molecule has 0 bridgehead atoms. The van der Waals surface area contributed by atoms with Crippen LogP contribution < -0.4 is 5.73 Å². The summed E-state index contributed by atoms with van der Waals surface area (Å²) in [5.41, 5.74) is 7.11. The highest BCUT2D eigenvalue weighted by atomic mass is 14.6. The van der Waals surface area contributed by atoms with Crippen LogP contribution in [-0.4, -0.2) is 6.04 Å². The molecule has 2 N–H and O–H groups in total. The third kappa shape index (κ3) is 5.83. The van der Waals surface area contributed by atoms with Gasteiger partial charge in [0.15, 0.2) is 0 Å². The van der Waals surface area contributed by atoms with Crippen molar-refractivity contribution in [3.63, 3.8) is 0 Å². The molecule has 60 valence electrons. The van der Waals surface area contributed by atoms with Crippen LogP contribution in [0.2, 0.25) is 0 Å². The zero-order valence-corrected chi connectivity index (χ0v) is 7.35. The molecule has 0 aliphatic carbocycles. The van der Waals surface area contributed by atoms with Gasteiger partial charge in [0, 0.05) is 6.04 Å². The summed E-state index contributed by atoms with van der Waals surface area (Å²) in [6.45, 7) is 6.37. The minimum atomic E-state index is 0.282. The third-order valence-electron chi connectivity index (χ3n) is 1.44. The highest BCUT2D eigenvalue weighted by molar-refractivity contribution is 4.99. The van der Waals surface area contributed by atoms with Gasteiger partial charge in [-0.3, -0.25) is 0 Å². The molecule has 0 amide bonds. The molecule has 0 aliphatic heterocycles. The molecule has 1 atom stereocenters. The first-order chi connectivity index (χ1) is 4.66. The Morgan fingerprint density at radius 1 is 1.50 bits per heavy atom. The van der Waals surface area contributed by atoms with E-state index in [0.29, 0.717) is 0 Å². The van der Waals surface area contributed by atoms with Gasteiger partial charge in [-0.1, -0.05) is 31.4 Å². The van der Waals surface area contributed by atoms with Crippen LogP contribution in [0.15, 0.2) is 11.6 Å². The summed E-state index contributed by atoms with van der Waals surface area (Å²) in [4.78, 5) is 0. The lowest BCUT2D eigenvalue weighted by Crippen LogP contribution is -2.16. The van der Waals surface area contributed by atoms with Crippen molar-refractivity contribution < 1.29 is 0 Å². The summed E-state index contributed by atoms with van der Waals surface area (Å²) in [7, 11) is 0. The minimum Gasteiger partial charge on any atom is -0.324 e. The summed E-state index contributed by atoms with van der Waals surface area (Å²) in [6, 6.07) is 0.282. The number of rotatable bonds is 4. The lowest BCUT2D eigenvalue weighted by molar-refractivity contribution is 0.652. The van der Waals surface area contributed by atoms with E-state index in [-0.39, 0.29) is 6.04 Å². The Kier molecular flexibility index (Phi) is 5.32. The third-order valence-corrected chi connectivity index (χ3v) is 1.44. The summed E-state index contributed by atoms with van der Waals surface area (Å²) in [5, 5.41) is 0. The summed E-state index contributed by atoms with van der Waals surface area (Å²) >= 11 is 0. The second kappa shape index (κ2) is 5.48. The maximum atomic E-state index is 5.78. The van der Waals surface area contributed by atoms with E-state index in [1.54, 1.807) is 0 Å². The number of nitrogens with two attached hydrogens (primary N) is 1. The van der Waals surface area contributed by atoms with Crippen LogP contribution in [0.25, 0.3) is 0 Å². The zero-order valence-electron chi connectivity index (χ0n) is 7.35. The van der Waals surface area contributed by atoms with E-state index in [4.69, 9.17) is 5.73 Å². The lowest BCUT2D eigenvalue weighted by atomic mass is 10.1. The van der Waals surface area contributed by atoms with Crippen molar-refractivity contribution in [3.8, 4) is 0 Å². The summed E-state index contributed by atoms with van der Waals surface area (Å²) in [6.07, 6.45) is 5.74. The van der Waals surface area contributed by atoms with Crippen molar-refractivity contribution in [2.75, 3.05) is 0 Å². The van der Waals surface area contributed by atoms with Gasteiger partial charge in [0.05, 0.1) is 0 Å². The highest BCUT2D eigenvalue weighted by Gasteiger charge is 1.95. The minimum absolute atomic E-state index is 0.282. The van der Waals surface area contributed by atoms with Crippen LogP contribution >= 0.6 is 0 Å². The number of hydrogen-bond donors (Lipinski definition) is 1. The average molecular weight is 141 g/mol. The van der Waals surface area contributed by atoms with E-state index in [1.807, 2.05) is 0 Å². The van der Waals surface area contributed by atoms with Gasteiger partial charge < -0.3 is 5.73 Å². The monoisotopic (exact) mass is 141 g/mol. The average Bonchev–Trinajstić information content (AvgIpc) is 1.82. The summed E-state index contributed by atoms with van der Waals surface area (Å²) in [5.74, 6) is 0. The normalized spacial score (nSPS) is 12.8. The van der Waals surface area contributed by atoms with Gasteiger partial charge in [-0.25, -0.2) is 0 Å². The highest BCUT2D eigenvalue weighted by Crippen LogP contribution is 2.01. The first-order valence-electron chi connectivity index (χ1n) is 4.07. The maximum absolute atomic E-state index is 5.78. The molecule has 0 spiro atoms. The molecule has 0 radical (unpaired) electrons. The van der Waals surface area contributed by atoms with Gasteiger partial charge in [0.2, 0.25) is 0 Å². The van der Waals surface area contributed by atoms with E-state index >= 15 is 0 Å². The Morgan fingerprint density at radius 3 is 2.50 bits per heavy atom. The molecular weight excluding hydrogens is 122 g/mol. The quantitative estimate of drug-likeness (QED) is 0.598. The van der Waals surface area contributed by atoms with Gasteiger partial charge in [-0.05, 0) is 20.3 Å². The molecule has 0 saturated carbocycles. The van der Waals surface area contributed by atoms with Gasteiger partial charge in [0.25, 0.3) is 0 Å². The van der Waals surface area contributed by atoms with Crippen molar-refractivity contribution in [1.82, 2.24) is 0 Å². The van der Waals surface area contributed by atoms with E-state index in [9.17, 15) is 0 Å². The van der Waals surface area contributed by atoms with Crippen LogP contribution in [0.4, 0.5) is 0 Å². The lowest BCUT2D eigenvalue weighted by Gasteiger charge is -2.04. The van der Waals surface area contributed by atoms with Crippen LogP contribution in [0.3, 0.4) is 0 Å². The number of unbranched alkanes of at least 4 members (excludes halogenated alkanes) is 1. The molecule has 10 heavy (non-hydrogen) atoms. The van der Waals surface area contributed by atoms with Gasteiger partial charge in [-0.15, -0.1) is 0 Å². The van der Waals surface area contributed by atoms with Crippen molar-refractivity contribution in [1.29, 1.82) is 0 Å². The van der Waals surface area contributed by atoms with E-state index in [1.165, 1.54) is 18.4 Å². The molecule has 0 aromatic carbocycles. The molecule has 0 aromatic rings. The molecule has 1 nitrogen and oxygen atoms in total. The predicted octanol–water partition coefficient (Wildman–Crippen LogP) is 2.47. The van der Waals surface area contributed by atoms with Gasteiger partial charge in [0.1, 0.15) is 0 Å². The standard InChI is InChI=1S/C9H19N/c1-4-5-6-9(10)7-8(2)3/h7,9H,4-6,10H2,1-3H3. The number of allylic oxidation sites excluding steroid dienone is 1. The van der Waals surface area contributed by atoms with Crippen molar-refractivity contribution in [2.45, 2.75) is 46.1 Å². The predicted molar refractivity (Wildman–Crippen MR) is 46.9 cm³/mol. The smallest absolute Gasteiger partial charge is 0.0226 e. The molecule has 1 heteroatoms. The maximum Gasteiger partial charge on any atom is 0.0226 e. The molecule has 0 rings (SSSR count). The van der Waals surface area contributed by atoms with Crippen molar-refractivity contribution in [3.05, 3.63) is 11.6 Å². The van der Waals surface area contributed by atoms with Crippen LogP contribution in [0.5, 0.6) is 0 Å². The fourth-order valence-electron chi connectivity index (χ4n) is 0.951. The fourth-order valence-corrected chi connectivity index (χ4v) is 0.951. The summed E-state index contributed by atoms with van der Waals surface area (Å²) < 4.78 is 0. The molecule has 1 unspecified atom stereocenters. The SMILES string of the molecule is CCCCC(N)C=C(C)C. The largest absolute Gasteiger partial charge is 0.324 e. The van der Waals surface area contributed by atoms with E-state index < -0.39 is 0 Å². The topological polar surface area (TPSA) is 26.0 Å². The molecule has 0 saturated heterocycles. The second-order valence-corrected chi connectivity index (χ2v) is 3.05. The van der Waals surface area contributed by atoms with Gasteiger partial charge in [-0.2, -0.15) is 0 Å². The second-order valence-electron chi connectivity index (χ2n) is 3.05. The molecular formula is C9H19N. The fraction of sp³-hybridized carbons (Fsp3) is 0.778. The van der Waals surface area contributed by atoms with Crippen LogP contribution in [0, 0.1) is 0 Å². The molecule has 0 aromatic heterocycles. The first-order valence-corrected chi connectivity index (χ1v) is 4.07. The van der Waals surface area contributed by atoms with E-state index in [2.05, 4.69) is 26.8 Å². The van der Waals surface area contributed by atoms with Crippen LogP contribution in [-0.2, 0) is 0 Å². The Bertz CT molecular complexity index is 101. The van der Waals surface area contributed by atoms with Crippen LogP contribution in [0.1, 0.15) is 40.0 Å². The Hall–Kier alpha value is -0.300. The van der Waals surface area contributed by atoms with Crippen molar-refractivity contribution in [2.24, 2.45) is 5.73 Å². The Balaban J connectivity index is 3.43. The van der Waals surface area contributed by atoms with Gasteiger partial charge >= 0.3 is 0 Å². The number of hydrogen-bond acceptors (Lipinski definition) is 1.